The van der Waals surface area contributed by atoms with Crippen molar-refractivity contribution in [2.45, 2.75) is 156 Å². The monoisotopic (exact) mass is 1210 g/mol. The molecular weight excluding hydrogens is 1140 g/mol. The zero-order chi connectivity index (χ0) is 61.6. The molecule has 0 saturated carbocycles. The van der Waals surface area contributed by atoms with Crippen LogP contribution in [0.25, 0.3) is 22.1 Å². The van der Waals surface area contributed by atoms with E-state index in [1.165, 1.54) is 16.0 Å². The van der Waals surface area contributed by atoms with Gasteiger partial charge in [-0.25, -0.2) is 29.5 Å². The van der Waals surface area contributed by atoms with Crippen LogP contribution in [0.3, 0.4) is 0 Å². The Balaban J connectivity index is 1.14. The number of halogens is 2. The molecule has 0 bridgehead atoms. The van der Waals surface area contributed by atoms with Gasteiger partial charge in [0.2, 0.25) is 5.78 Å². The lowest BCUT2D eigenvalue weighted by Crippen LogP contribution is -2.45. The highest BCUT2D eigenvalue weighted by atomic mass is 35.5. The van der Waals surface area contributed by atoms with Crippen LogP contribution in [-0.2, 0) is 29.2 Å². The number of ketones is 1. The molecule has 2 amide bonds. The molecule has 8 rings (SSSR count). The van der Waals surface area contributed by atoms with E-state index in [1.807, 2.05) is 36.7 Å². The minimum atomic E-state index is -2.18. The Hall–Kier alpha value is -7.10. The fourth-order valence-electron chi connectivity index (χ4n) is 9.36. The van der Waals surface area contributed by atoms with Crippen LogP contribution in [0.1, 0.15) is 133 Å². The molecule has 16 nitrogen and oxygen atoms in total. The minimum absolute atomic E-state index is 0.00511. The van der Waals surface area contributed by atoms with Gasteiger partial charge < -0.3 is 32.5 Å². The first-order valence-corrected chi connectivity index (χ1v) is 34.6. The highest BCUT2D eigenvalue weighted by molar-refractivity contribution is 6.79. The maximum Gasteiger partial charge on any atom is 0.415 e. The number of amides is 2. The molecule has 444 valence electrons. The van der Waals surface area contributed by atoms with Crippen LogP contribution < -0.4 is 19.3 Å². The molecule has 0 saturated heterocycles. The lowest BCUT2D eigenvalue weighted by molar-refractivity contribution is 0.0566. The molecular formula is C64H78Cl2N8O8Si2. The van der Waals surface area contributed by atoms with Gasteiger partial charge in [0.05, 0.1) is 53.0 Å². The number of fused-ring (bicyclic) bond motifs is 2. The predicted molar refractivity (Wildman–Crippen MR) is 339 cm³/mol. The second kappa shape index (κ2) is 23.8. The van der Waals surface area contributed by atoms with Crippen LogP contribution in [0, 0.1) is 0 Å². The summed E-state index contributed by atoms with van der Waals surface area (Å²) in [7, 11) is -2.75. The SMILES string of the molecule is COc1ccc(CN(C(=O)OC(C)(C)C)c2cc(Cl)c(COc3ccc(CN(C(=O)OC(C)(C)C)c4cc(Cl)cnc4C(=O)c4ccnc5c4ccn5[Si](C)(C)C(C)(C)C)cc3)nc2C(O)c2ccnc3c2ccn3[Si](C)(C)C(C)(C)C)cc1. The molecule has 1 atom stereocenters. The first kappa shape index (κ1) is 62.9. The van der Waals surface area contributed by atoms with Crippen molar-refractivity contribution in [3.8, 4) is 11.5 Å². The number of pyridine rings is 4. The van der Waals surface area contributed by atoms with Crippen molar-refractivity contribution in [3.63, 3.8) is 0 Å². The van der Waals surface area contributed by atoms with Crippen LogP contribution in [0.5, 0.6) is 11.5 Å². The molecule has 6 aromatic heterocycles. The molecule has 0 fully saturated rings. The average molecular weight is 1210 g/mol. The number of anilines is 2. The number of carbonyl (C=O) groups is 3. The highest BCUT2D eigenvalue weighted by Gasteiger charge is 2.41. The molecule has 0 spiro atoms. The van der Waals surface area contributed by atoms with Gasteiger partial charge in [0.15, 0.2) is 16.5 Å². The van der Waals surface area contributed by atoms with Gasteiger partial charge >= 0.3 is 12.2 Å². The summed E-state index contributed by atoms with van der Waals surface area (Å²) in [6.45, 7) is 33.0. The van der Waals surface area contributed by atoms with E-state index in [9.17, 15) is 19.5 Å². The van der Waals surface area contributed by atoms with Crippen molar-refractivity contribution in [3.05, 3.63) is 165 Å². The molecule has 0 aliphatic carbocycles. The van der Waals surface area contributed by atoms with E-state index in [-0.39, 0.29) is 68.3 Å². The van der Waals surface area contributed by atoms with Crippen molar-refractivity contribution in [2.24, 2.45) is 0 Å². The Bertz CT molecular complexity index is 3740. The summed E-state index contributed by atoms with van der Waals surface area (Å²) < 4.78 is 28.3. The van der Waals surface area contributed by atoms with E-state index >= 15 is 0 Å². The topological polar surface area (TPSA) is 176 Å². The third kappa shape index (κ3) is 13.4. The summed E-state index contributed by atoms with van der Waals surface area (Å²) in [4.78, 5) is 65.7. The number of methoxy groups -OCH3 is 1. The minimum Gasteiger partial charge on any atom is -0.497 e. The van der Waals surface area contributed by atoms with Gasteiger partial charge in [-0.2, -0.15) is 0 Å². The third-order valence-electron chi connectivity index (χ3n) is 15.9. The number of rotatable bonds is 16. The molecule has 0 radical (unpaired) electrons. The molecule has 0 aliphatic rings. The van der Waals surface area contributed by atoms with Gasteiger partial charge in [0.1, 0.15) is 52.4 Å². The average Bonchev–Trinajstić information content (AvgIpc) is 1.95. The molecule has 1 N–H and O–H groups in total. The molecule has 8 aromatic rings. The zero-order valence-corrected chi connectivity index (χ0v) is 54.8. The Morgan fingerprint density at radius 2 is 1.12 bits per heavy atom. The lowest BCUT2D eigenvalue weighted by Gasteiger charge is -2.38. The Morgan fingerprint density at radius 3 is 1.63 bits per heavy atom. The summed E-state index contributed by atoms with van der Waals surface area (Å²) in [5, 5.41) is 14.5. The molecule has 20 heteroatoms. The summed E-state index contributed by atoms with van der Waals surface area (Å²) in [6, 6.07) is 24.8. The van der Waals surface area contributed by atoms with Crippen LogP contribution in [-0.4, -0.2) is 86.3 Å². The third-order valence-corrected chi connectivity index (χ3v) is 26.9. The normalized spacial score (nSPS) is 13.0. The number of benzene rings is 2. The molecule has 0 aliphatic heterocycles. The van der Waals surface area contributed by atoms with Crippen LogP contribution in [0.2, 0.25) is 46.3 Å². The summed E-state index contributed by atoms with van der Waals surface area (Å²) in [5.74, 6) is 0.654. The quantitative estimate of drug-likeness (QED) is 0.0717. The molecule has 84 heavy (non-hydrogen) atoms. The predicted octanol–water partition coefficient (Wildman–Crippen LogP) is 16.0. The first-order chi connectivity index (χ1) is 39.1. The van der Waals surface area contributed by atoms with Crippen molar-refractivity contribution < 1.29 is 38.4 Å². The van der Waals surface area contributed by atoms with Crippen molar-refractivity contribution in [2.75, 3.05) is 16.9 Å². The van der Waals surface area contributed by atoms with Gasteiger partial charge in [-0.3, -0.25) is 14.6 Å². The second-order valence-electron chi connectivity index (χ2n) is 26.2. The Morgan fingerprint density at radius 1 is 0.631 bits per heavy atom. The standard InChI is InChI=1S/C64H78Cl2N8O8Si2/c1-61(2,3)81-59(77)71(51-34-42(65)36-69-53(51)55(75)45-26-30-67-57-47(45)28-32-73(57)83(14,15)63(7,8)9)37-41-20-24-44(25-21-41)80-39-50-49(66)35-52(72(60(78)82-62(4,5)6)38-40-18-22-43(79-13)23-19-40)54(70-50)56(76)46-27-31-68-58-48(46)29-33-74(58)84(16,17)64(10,11)12/h18-36,56,76H,37-39H2,1-17H3. The zero-order valence-electron chi connectivity index (χ0n) is 51.3. The maximum atomic E-state index is 14.9. The van der Waals surface area contributed by atoms with E-state index in [4.69, 9.17) is 57.1 Å². The van der Waals surface area contributed by atoms with E-state index in [0.717, 1.165) is 16.6 Å². The summed E-state index contributed by atoms with van der Waals surface area (Å²) in [6.07, 6.45) is 5.96. The van der Waals surface area contributed by atoms with Crippen molar-refractivity contribution in [1.29, 1.82) is 0 Å². The van der Waals surface area contributed by atoms with Gasteiger partial charge in [-0.15, -0.1) is 0 Å². The second-order valence-corrected chi connectivity index (χ2v) is 37.3. The van der Waals surface area contributed by atoms with E-state index in [1.54, 1.807) is 122 Å². The number of aliphatic hydroxyl groups excluding tert-OH is 1. The van der Waals surface area contributed by atoms with Gasteiger partial charge in [0, 0.05) is 34.9 Å². The Kier molecular flexibility index (Phi) is 17.8. The number of aliphatic hydroxyl groups is 1. The van der Waals surface area contributed by atoms with Crippen LogP contribution in [0.15, 0.2) is 116 Å². The highest BCUT2D eigenvalue weighted by Crippen LogP contribution is 2.43. The smallest absolute Gasteiger partial charge is 0.415 e. The van der Waals surface area contributed by atoms with Gasteiger partial charge in [0.25, 0.3) is 0 Å². The number of nitrogens with zero attached hydrogens (tertiary/aromatic N) is 8. The fourth-order valence-corrected chi connectivity index (χ4v) is 13.5. The van der Waals surface area contributed by atoms with Crippen LogP contribution in [0.4, 0.5) is 21.0 Å². The number of hydrogen-bond donors (Lipinski definition) is 1. The maximum absolute atomic E-state index is 14.9. The van der Waals surface area contributed by atoms with E-state index in [2.05, 4.69) is 81.2 Å². The Labute approximate surface area is 505 Å². The number of ether oxygens (including phenoxy) is 4. The van der Waals surface area contributed by atoms with Crippen LogP contribution >= 0.6 is 23.2 Å². The fraction of sp³-hybridized carbons (Fsp3) is 0.391. The summed E-state index contributed by atoms with van der Waals surface area (Å²) >= 11 is 13.8. The van der Waals surface area contributed by atoms with E-state index in [0.29, 0.717) is 39.2 Å². The molecule has 1 unspecified atom stereocenters. The largest absolute Gasteiger partial charge is 0.497 e. The van der Waals surface area contributed by atoms with Gasteiger partial charge in [-0.1, -0.05) is 115 Å². The molecule has 2 aromatic carbocycles. The van der Waals surface area contributed by atoms with Crippen molar-refractivity contribution >= 4 is 91.1 Å². The van der Waals surface area contributed by atoms with Gasteiger partial charge in [-0.05, 0) is 141 Å². The molecule has 6 heterocycles. The lowest BCUT2D eigenvalue weighted by atomic mass is 10.0. The number of hydrogen-bond acceptors (Lipinski definition) is 12. The number of carbonyl (C=O) groups excluding carboxylic acids is 3. The van der Waals surface area contributed by atoms with E-state index < -0.39 is 51.7 Å². The summed E-state index contributed by atoms with van der Waals surface area (Å²) in [5.41, 5.74) is 2.76. The van der Waals surface area contributed by atoms with Crippen molar-refractivity contribution in [1.82, 2.24) is 28.4 Å². The first-order valence-electron chi connectivity index (χ1n) is 28.0. The number of aromatic nitrogens is 6.